The average molecular weight is 446 g/mol. The van der Waals surface area contributed by atoms with Crippen LogP contribution in [0.1, 0.15) is 54.4 Å². The van der Waals surface area contributed by atoms with Crippen molar-refractivity contribution < 1.29 is 38.1 Å². The fraction of sp³-hybridized carbons (Fsp3) is 0.583. The minimum Gasteiger partial charge on any atom is -0.461 e. The minimum absolute atomic E-state index is 0.229. The maximum absolute atomic E-state index is 12.8. The van der Waals surface area contributed by atoms with Gasteiger partial charge in [0.15, 0.2) is 0 Å². The van der Waals surface area contributed by atoms with Gasteiger partial charge < -0.3 is 18.9 Å². The molecule has 1 saturated heterocycles. The van der Waals surface area contributed by atoms with Crippen LogP contribution in [0.4, 0.5) is 0 Å². The Labute approximate surface area is 187 Å². The summed E-state index contributed by atoms with van der Waals surface area (Å²) in [6.07, 6.45) is -0.534. The van der Waals surface area contributed by atoms with Gasteiger partial charge in [0, 0.05) is 36.8 Å². The number of carbonyl (C=O) groups is 4. The Morgan fingerprint density at radius 2 is 1.75 bits per heavy atom. The summed E-state index contributed by atoms with van der Waals surface area (Å²) in [5, 5.41) is 0. The Bertz CT molecular complexity index is 942. The highest BCUT2D eigenvalue weighted by Gasteiger charge is 2.61. The molecule has 3 aliphatic rings. The highest BCUT2D eigenvalue weighted by molar-refractivity contribution is 5.92. The SMILES string of the molecule is C=C1C(=O)OC2CC3(C)C(=C(C)C(OC(C)=O)CC3OC(C)=O)C(OC(=O)C(C)=CC)C12. The first-order valence-electron chi connectivity index (χ1n) is 10.7. The van der Waals surface area contributed by atoms with Gasteiger partial charge in [0.2, 0.25) is 0 Å². The summed E-state index contributed by atoms with van der Waals surface area (Å²) in [6.45, 7) is 13.6. The summed E-state index contributed by atoms with van der Waals surface area (Å²) in [5.74, 6) is -2.61. The maximum atomic E-state index is 12.8. The Balaban J connectivity index is 2.19. The van der Waals surface area contributed by atoms with Crippen LogP contribution in [-0.4, -0.2) is 48.3 Å². The van der Waals surface area contributed by atoms with Crippen LogP contribution in [0.3, 0.4) is 0 Å². The fourth-order valence-electron chi connectivity index (χ4n) is 5.18. The van der Waals surface area contributed by atoms with Crippen LogP contribution < -0.4 is 0 Å². The Kier molecular flexibility index (Phi) is 6.36. The molecule has 0 N–H and O–H groups in total. The first kappa shape index (κ1) is 23.8. The molecular weight excluding hydrogens is 416 g/mol. The summed E-state index contributed by atoms with van der Waals surface area (Å²) < 4.78 is 22.7. The number of esters is 4. The molecule has 2 fully saturated rings. The van der Waals surface area contributed by atoms with Crippen molar-refractivity contribution in [3.8, 4) is 0 Å². The van der Waals surface area contributed by atoms with E-state index in [4.69, 9.17) is 18.9 Å². The molecule has 0 spiro atoms. The number of fused-ring (bicyclic) bond motifs is 2. The summed E-state index contributed by atoms with van der Waals surface area (Å²) in [7, 11) is 0. The van der Waals surface area contributed by atoms with E-state index in [0.717, 1.165) is 0 Å². The molecule has 32 heavy (non-hydrogen) atoms. The molecule has 174 valence electrons. The topological polar surface area (TPSA) is 105 Å². The maximum Gasteiger partial charge on any atom is 0.334 e. The number of hydrogen-bond donors (Lipinski definition) is 0. The third kappa shape index (κ3) is 3.98. The molecule has 0 aromatic carbocycles. The highest BCUT2D eigenvalue weighted by atomic mass is 16.6. The van der Waals surface area contributed by atoms with Crippen LogP contribution in [0.25, 0.3) is 0 Å². The Morgan fingerprint density at radius 3 is 2.31 bits per heavy atom. The zero-order valence-corrected chi connectivity index (χ0v) is 19.4. The van der Waals surface area contributed by atoms with Crippen LogP contribution in [0.15, 0.2) is 34.9 Å². The van der Waals surface area contributed by atoms with Gasteiger partial charge in [-0.2, -0.15) is 0 Å². The quantitative estimate of drug-likeness (QED) is 0.281. The highest BCUT2D eigenvalue weighted by Crippen LogP contribution is 2.57. The van der Waals surface area contributed by atoms with Gasteiger partial charge in [-0.3, -0.25) is 9.59 Å². The van der Waals surface area contributed by atoms with Crippen molar-refractivity contribution in [1.29, 1.82) is 0 Å². The van der Waals surface area contributed by atoms with Gasteiger partial charge in [-0.15, -0.1) is 0 Å². The van der Waals surface area contributed by atoms with Gasteiger partial charge in [-0.05, 0) is 38.3 Å². The predicted octanol–water partition coefficient (Wildman–Crippen LogP) is 2.96. The zero-order valence-electron chi connectivity index (χ0n) is 19.4. The van der Waals surface area contributed by atoms with Crippen LogP contribution in [0.5, 0.6) is 0 Å². The van der Waals surface area contributed by atoms with Gasteiger partial charge in [0.25, 0.3) is 0 Å². The third-order valence-electron chi connectivity index (χ3n) is 6.83. The lowest BCUT2D eigenvalue weighted by Gasteiger charge is -2.52. The van der Waals surface area contributed by atoms with Crippen LogP contribution in [0.2, 0.25) is 0 Å². The lowest BCUT2D eigenvalue weighted by molar-refractivity contribution is -0.170. The number of allylic oxidation sites excluding steroid dienone is 1. The smallest absolute Gasteiger partial charge is 0.334 e. The molecule has 2 aliphatic carbocycles. The molecule has 1 heterocycles. The number of rotatable bonds is 4. The van der Waals surface area contributed by atoms with Gasteiger partial charge in [-0.1, -0.05) is 19.6 Å². The lowest BCUT2D eigenvalue weighted by atomic mass is 9.57. The molecule has 8 nitrogen and oxygen atoms in total. The van der Waals surface area contributed by atoms with E-state index >= 15 is 0 Å². The largest absolute Gasteiger partial charge is 0.461 e. The Hall–Kier alpha value is -2.90. The molecule has 0 aromatic heterocycles. The molecular formula is C24H30O8. The molecule has 1 aliphatic heterocycles. The molecule has 6 atom stereocenters. The molecule has 1 saturated carbocycles. The normalized spacial score (nSPS) is 34.3. The van der Waals surface area contributed by atoms with E-state index in [0.29, 0.717) is 23.1 Å². The van der Waals surface area contributed by atoms with Gasteiger partial charge in [0.1, 0.15) is 24.4 Å². The zero-order chi connectivity index (χ0) is 24.0. The first-order valence-corrected chi connectivity index (χ1v) is 10.7. The van der Waals surface area contributed by atoms with E-state index in [2.05, 4.69) is 6.58 Å². The summed E-state index contributed by atoms with van der Waals surface area (Å²) >= 11 is 0. The molecule has 0 bridgehead atoms. The van der Waals surface area contributed by atoms with Gasteiger partial charge in [0.05, 0.1) is 5.92 Å². The van der Waals surface area contributed by atoms with E-state index in [1.54, 1.807) is 19.9 Å². The van der Waals surface area contributed by atoms with Crippen molar-refractivity contribution in [2.75, 3.05) is 0 Å². The van der Waals surface area contributed by atoms with Crippen molar-refractivity contribution in [2.24, 2.45) is 11.3 Å². The standard InChI is InChI=1S/C24H30O8/c1-8-11(2)22(27)32-21-19-13(4)23(28)31-17(19)10-24(7)18(30-15(6)26)9-16(29-14(5)25)12(3)20(21)24/h8,16-19,21H,4,9-10H2,1-3,5-7H3. The molecule has 0 amide bonds. The van der Waals surface area contributed by atoms with Crippen molar-refractivity contribution in [3.05, 3.63) is 34.9 Å². The molecule has 0 aromatic rings. The Morgan fingerprint density at radius 1 is 1.12 bits per heavy atom. The van der Waals surface area contributed by atoms with E-state index in [-0.39, 0.29) is 12.0 Å². The fourth-order valence-corrected chi connectivity index (χ4v) is 5.18. The second-order valence-electron chi connectivity index (χ2n) is 8.94. The monoisotopic (exact) mass is 446 g/mol. The van der Waals surface area contributed by atoms with Crippen molar-refractivity contribution >= 4 is 23.9 Å². The summed E-state index contributed by atoms with van der Waals surface area (Å²) in [5.41, 5.74) is 1.23. The van der Waals surface area contributed by atoms with E-state index in [1.807, 2.05) is 13.8 Å². The minimum atomic E-state index is -0.878. The number of ether oxygens (including phenoxy) is 4. The second kappa shape index (κ2) is 8.56. The van der Waals surface area contributed by atoms with E-state index < -0.39 is 59.6 Å². The summed E-state index contributed by atoms with van der Waals surface area (Å²) in [4.78, 5) is 48.8. The van der Waals surface area contributed by atoms with E-state index in [1.165, 1.54) is 13.8 Å². The van der Waals surface area contributed by atoms with Gasteiger partial charge in [-0.25, -0.2) is 9.59 Å². The average Bonchev–Trinajstić information content (AvgIpc) is 2.97. The molecule has 0 radical (unpaired) electrons. The van der Waals surface area contributed by atoms with Crippen molar-refractivity contribution in [2.45, 2.75) is 78.8 Å². The summed E-state index contributed by atoms with van der Waals surface area (Å²) in [6, 6.07) is 0. The van der Waals surface area contributed by atoms with Crippen LogP contribution in [-0.2, 0) is 38.1 Å². The number of hydrogen-bond acceptors (Lipinski definition) is 8. The third-order valence-corrected chi connectivity index (χ3v) is 6.83. The van der Waals surface area contributed by atoms with E-state index in [9.17, 15) is 19.2 Å². The van der Waals surface area contributed by atoms with Crippen LogP contribution in [0, 0.1) is 11.3 Å². The van der Waals surface area contributed by atoms with Crippen molar-refractivity contribution in [1.82, 2.24) is 0 Å². The lowest BCUT2D eigenvalue weighted by Crippen LogP contribution is -2.56. The number of carbonyl (C=O) groups excluding carboxylic acids is 4. The molecule has 6 unspecified atom stereocenters. The van der Waals surface area contributed by atoms with Crippen molar-refractivity contribution in [3.63, 3.8) is 0 Å². The first-order chi connectivity index (χ1) is 14.9. The van der Waals surface area contributed by atoms with Gasteiger partial charge >= 0.3 is 23.9 Å². The molecule has 8 heteroatoms. The predicted molar refractivity (Wildman–Crippen MR) is 113 cm³/mol. The molecule has 3 rings (SSSR count). The second-order valence-corrected chi connectivity index (χ2v) is 8.94. The van der Waals surface area contributed by atoms with Crippen LogP contribution >= 0.6 is 0 Å².